The highest BCUT2D eigenvalue weighted by molar-refractivity contribution is 6.28. The van der Waals surface area contributed by atoms with Crippen LogP contribution in [0, 0.1) is 0 Å². The van der Waals surface area contributed by atoms with Gasteiger partial charge in [0.15, 0.2) is 0 Å². The number of ether oxygens (including phenoxy) is 1. The van der Waals surface area contributed by atoms with E-state index < -0.39 is 6.01 Å². The maximum Gasteiger partial charge on any atom is 0.319 e. The molecule has 0 amide bonds. The highest BCUT2D eigenvalue weighted by atomic mass is 35.5. The predicted molar refractivity (Wildman–Crippen MR) is 30.8 cm³/mol. The monoisotopic (exact) mass is 160 g/mol. The first kappa shape index (κ1) is 7.01. The van der Waals surface area contributed by atoms with E-state index in [0.29, 0.717) is 0 Å². The fourth-order valence-electron chi connectivity index (χ4n) is 0.406. The molecule has 0 fully saturated rings. The third kappa shape index (κ3) is 1.44. The molecule has 6 heteroatoms. The van der Waals surface area contributed by atoms with Gasteiger partial charge in [-0.05, 0) is 11.6 Å². The van der Waals surface area contributed by atoms with Crippen molar-refractivity contribution in [3.63, 3.8) is 0 Å². The van der Waals surface area contributed by atoms with E-state index in [-0.39, 0.29) is 11.3 Å². The van der Waals surface area contributed by atoms with Crippen molar-refractivity contribution in [3.05, 3.63) is 5.28 Å². The van der Waals surface area contributed by atoms with Crippen molar-refractivity contribution in [3.8, 4) is 12.0 Å². The zero-order valence-electron chi connectivity index (χ0n) is 5.04. The van der Waals surface area contributed by atoms with Crippen LogP contribution < -0.4 is 9.84 Å². The van der Waals surface area contributed by atoms with E-state index in [1.165, 1.54) is 7.11 Å². The summed E-state index contributed by atoms with van der Waals surface area (Å²) in [5, 5.41) is 10.3. The molecule has 0 atom stereocenters. The highest BCUT2D eigenvalue weighted by Gasteiger charge is 1.96. The van der Waals surface area contributed by atoms with Gasteiger partial charge in [0.25, 0.3) is 0 Å². The lowest BCUT2D eigenvalue weighted by Crippen LogP contribution is -2.01. The average Bonchev–Trinajstić information content (AvgIpc) is 1.85. The van der Waals surface area contributed by atoms with Crippen LogP contribution in [-0.4, -0.2) is 22.1 Å². The highest BCUT2D eigenvalue weighted by Crippen LogP contribution is 2.08. The predicted octanol–water partition coefficient (Wildman–Crippen LogP) is -0.393. The van der Waals surface area contributed by atoms with Gasteiger partial charge in [-0.1, -0.05) is 0 Å². The molecule has 0 bridgehead atoms. The molecule has 0 N–H and O–H groups in total. The van der Waals surface area contributed by atoms with Crippen molar-refractivity contribution in [1.29, 1.82) is 0 Å². The minimum atomic E-state index is -0.697. The van der Waals surface area contributed by atoms with Crippen LogP contribution in [0.2, 0.25) is 5.28 Å². The molecule has 0 saturated carbocycles. The van der Waals surface area contributed by atoms with E-state index >= 15 is 0 Å². The van der Waals surface area contributed by atoms with Gasteiger partial charge in [-0.25, -0.2) is 4.98 Å². The van der Waals surface area contributed by atoms with Crippen LogP contribution in [0.5, 0.6) is 12.0 Å². The molecule has 1 heterocycles. The molecule has 0 aromatic carbocycles. The normalized spacial score (nSPS) is 9.40. The Morgan fingerprint density at radius 1 is 1.40 bits per heavy atom. The van der Waals surface area contributed by atoms with Gasteiger partial charge in [0, 0.05) is 0 Å². The third-order valence-electron chi connectivity index (χ3n) is 0.750. The van der Waals surface area contributed by atoms with Crippen molar-refractivity contribution in [2.24, 2.45) is 0 Å². The SMILES string of the molecule is COc1nc([O-])nc(Cl)n1. The fraction of sp³-hybridized carbons (Fsp3) is 0.250. The molecule has 10 heavy (non-hydrogen) atoms. The molecule has 54 valence electrons. The molecule has 0 saturated heterocycles. The topological polar surface area (TPSA) is 71.0 Å². The quantitative estimate of drug-likeness (QED) is 0.560. The van der Waals surface area contributed by atoms with Crippen LogP contribution in [0.25, 0.3) is 0 Å². The summed E-state index contributed by atoms with van der Waals surface area (Å²) in [6.07, 6.45) is 0. The van der Waals surface area contributed by atoms with Crippen LogP contribution in [0.3, 0.4) is 0 Å². The summed E-state index contributed by atoms with van der Waals surface area (Å²) in [5.41, 5.74) is 0. The van der Waals surface area contributed by atoms with E-state index in [9.17, 15) is 5.11 Å². The van der Waals surface area contributed by atoms with Crippen molar-refractivity contribution in [2.45, 2.75) is 0 Å². The lowest BCUT2D eigenvalue weighted by molar-refractivity contribution is -0.282. The van der Waals surface area contributed by atoms with E-state index in [4.69, 9.17) is 11.6 Å². The summed E-state index contributed by atoms with van der Waals surface area (Å²) in [4.78, 5) is 9.93. The van der Waals surface area contributed by atoms with Crippen molar-refractivity contribution in [1.82, 2.24) is 15.0 Å². The van der Waals surface area contributed by atoms with Crippen molar-refractivity contribution < 1.29 is 9.84 Å². The van der Waals surface area contributed by atoms with Crippen LogP contribution in [0.4, 0.5) is 0 Å². The molecule has 1 aromatic rings. The van der Waals surface area contributed by atoms with Gasteiger partial charge in [-0.3, -0.25) is 0 Å². The lowest BCUT2D eigenvalue weighted by Gasteiger charge is -2.03. The van der Waals surface area contributed by atoms with Gasteiger partial charge in [0.05, 0.1) is 13.1 Å². The van der Waals surface area contributed by atoms with Crippen molar-refractivity contribution >= 4 is 11.6 Å². The molecule has 0 aliphatic carbocycles. The molecule has 5 nitrogen and oxygen atoms in total. The summed E-state index contributed by atoms with van der Waals surface area (Å²) in [6.45, 7) is 0. The van der Waals surface area contributed by atoms with Gasteiger partial charge < -0.3 is 9.84 Å². The maximum absolute atomic E-state index is 10.4. The zero-order chi connectivity index (χ0) is 7.56. The molecule has 0 aliphatic rings. The number of nitrogens with zero attached hydrogens (tertiary/aromatic N) is 3. The molecular weight excluding hydrogens is 158 g/mol. The fourth-order valence-corrected chi connectivity index (χ4v) is 0.551. The summed E-state index contributed by atoms with van der Waals surface area (Å²) in [6, 6.07) is -0.762. The smallest absolute Gasteiger partial charge is 0.319 e. The van der Waals surface area contributed by atoms with E-state index in [0.717, 1.165) is 0 Å². The number of methoxy groups -OCH3 is 1. The summed E-state index contributed by atoms with van der Waals surface area (Å²) >= 11 is 5.29. The lowest BCUT2D eigenvalue weighted by atomic mass is 11.0. The number of hydrogen-bond donors (Lipinski definition) is 0. The Morgan fingerprint density at radius 3 is 2.60 bits per heavy atom. The second-order valence-electron chi connectivity index (χ2n) is 1.37. The minimum Gasteiger partial charge on any atom is -0.844 e. The van der Waals surface area contributed by atoms with Crippen molar-refractivity contribution in [2.75, 3.05) is 7.11 Å². The molecular formula is C4H3ClN3O2-. The second kappa shape index (κ2) is 2.66. The molecule has 1 rings (SSSR count). The number of aromatic nitrogens is 3. The Balaban J connectivity index is 3.06. The molecule has 1 aromatic heterocycles. The first-order valence-corrected chi connectivity index (χ1v) is 2.73. The zero-order valence-corrected chi connectivity index (χ0v) is 5.79. The Morgan fingerprint density at radius 2 is 2.10 bits per heavy atom. The van der Waals surface area contributed by atoms with Gasteiger partial charge >= 0.3 is 6.01 Å². The third-order valence-corrected chi connectivity index (χ3v) is 0.919. The standard InChI is InChI=1S/C4H4ClN3O2/c1-10-4-7-2(5)6-3(9)8-4/h1H3,(H,6,7,8,9)/p-1. The first-order valence-electron chi connectivity index (χ1n) is 2.35. The largest absolute Gasteiger partial charge is 0.844 e. The Hall–Kier alpha value is -1.10. The minimum absolute atomic E-state index is 0.0648. The molecule has 0 unspecified atom stereocenters. The van der Waals surface area contributed by atoms with Gasteiger partial charge in [0.1, 0.15) is 0 Å². The Labute approximate surface area is 61.7 Å². The maximum atomic E-state index is 10.4. The number of rotatable bonds is 1. The van der Waals surface area contributed by atoms with Crippen LogP contribution in [0.1, 0.15) is 0 Å². The van der Waals surface area contributed by atoms with Gasteiger partial charge in [0.2, 0.25) is 5.28 Å². The summed E-state index contributed by atoms with van der Waals surface area (Å²) in [5.74, 6) is 0. The van der Waals surface area contributed by atoms with E-state index in [1.54, 1.807) is 0 Å². The van der Waals surface area contributed by atoms with Crippen LogP contribution in [0.15, 0.2) is 0 Å². The molecule has 0 radical (unpaired) electrons. The number of hydrogen-bond acceptors (Lipinski definition) is 5. The first-order chi connectivity index (χ1) is 4.72. The van der Waals surface area contributed by atoms with Gasteiger partial charge in [-0.2, -0.15) is 9.97 Å². The van der Waals surface area contributed by atoms with E-state index in [2.05, 4.69) is 19.7 Å². The Kier molecular flexibility index (Phi) is 1.86. The van der Waals surface area contributed by atoms with Gasteiger partial charge in [-0.15, -0.1) is 0 Å². The average molecular weight is 161 g/mol. The Bertz CT molecular complexity index is 222. The molecule has 0 spiro atoms. The van der Waals surface area contributed by atoms with E-state index in [1.807, 2.05) is 0 Å². The number of halogens is 1. The summed E-state index contributed by atoms with van der Waals surface area (Å²) < 4.78 is 4.53. The van der Waals surface area contributed by atoms with Crippen LogP contribution in [-0.2, 0) is 0 Å². The van der Waals surface area contributed by atoms with Crippen LogP contribution >= 0.6 is 11.6 Å². The summed E-state index contributed by atoms with van der Waals surface area (Å²) in [7, 11) is 1.34. The molecule has 0 aliphatic heterocycles. The second-order valence-corrected chi connectivity index (χ2v) is 1.71.